The number of ether oxygens (including phenoxy) is 1. The molecule has 0 saturated heterocycles. The number of hydrogen-bond acceptors (Lipinski definition) is 5. The van der Waals surface area contributed by atoms with Crippen molar-refractivity contribution in [3.05, 3.63) is 36.5 Å². The summed E-state index contributed by atoms with van der Waals surface area (Å²) >= 11 is 0. The molecule has 0 spiro atoms. The molecule has 0 aromatic heterocycles. The number of unbranched alkanes of at least 4 members (excludes halogenated alkanes) is 32. The van der Waals surface area contributed by atoms with Crippen LogP contribution in [0.4, 0.5) is 0 Å². The van der Waals surface area contributed by atoms with Crippen LogP contribution in [-0.4, -0.2) is 47.4 Å². The minimum atomic E-state index is -0.697. The second kappa shape index (κ2) is 50.7. The first kappa shape index (κ1) is 59.1. The summed E-state index contributed by atoms with van der Waals surface area (Å²) in [6, 6.07) is -0.581. The molecule has 358 valence electrons. The van der Waals surface area contributed by atoms with E-state index in [1.165, 1.54) is 161 Å². The predicted molar refractivity (Wildman–Crippen MR) is 264 cm³/mol. The Morgan fingerprint density at radius 1 is 0.459 bits per heavy atom. The van der Waals surface area contributed by atoms with E-state index in [9.17, 15) is 19.8 Å². The zero-order chi connectivity index (χ0) is 44.4. The molecular formula is C55H103NO5. The smallest absolute Gasteiger partial charge is 0.305 e. The number of aliphatic hydroxyl groups excluding tert-OH is 2. The van der Waals surface area contributed by atoms with Gasteiger partial charge in [0.05, 0.1) is 25.4 Å². The summed E-state index contributed by atoms with van der Waals surface area (Å²) in [5.74, 6) is -0.146. The molecule has 0 bridgehead atoms. The van der Waals surface area contributed by atoms with E-state index in [-0.39, 0.29) is 18.5 Å². The lowest BCUT2D eigenvalue weighted by Crippen LogP contribution is -2.45. The number of carbonyl (C=O) groups is 2. The molecule has 0 aliphatic carbocycles. The highest BCUT2D eigenvalue weighted by atomic mass is 16.5. The normalized spacial score (nSPS) is 12.9. The molecule has 0 heterocycles. The van der Waals surface area contributed by atoms with Gasteiger partial charge in [-0.2, -0.15) is 0 Å². The van der Waals surface area contributed by atoms with Crippen LogP contribution in [-0.2, 0) is 14.3 Å². The molecule has 0 saturated carbocycles. The van der Waals surface area contributed by atoms with E-state index in [0.29, 0.717) is 25.9 Å². The van der Waals surface area contributed by atoms with Crippen molar-refractivity contribution in [2.24, 2.45) is 0 Å². The number of rotatable bonds is 49. The van der Waals surface area contributed by atoms with E-state index in [1.807, 2.05) is 0 Å². The van der Waals surface area contributed by atoms with Gasteiger partial charge < -0.3 is 20.3 Å². The van der Waals surface area contributed by atoms with Gasteiger partial charge in [-0.25, -0.2) is 0 Å². The van der Waals surface area contributed by atoms with Gasteiger partial charge in [-0.1, -0.05) is 230 Å². The molecule has 0 aromatic carbocycles. The largest absolute Gasteiger partial charge is 0.466 e. The van der Waals surface area contributed by atoms with E-state index in [4.69, 9.17) is 4.74 Å². The van der Waals surface area contributed by atoms with Crippen LogP contribution in [0, 0.1) is 0 Å². The molecule has 0 aromatic rings. The minimum Gasteiger partial charge on any atom is -0.466 e. The maximum absolute atomic E-state index is 12.5. The summed E-state index contributed by atoms with van der Waals surface area (Å²) in [4.78, 5) is 24.5. The van der Waals surface area contributed by atoms with Gasteiger partial charge >= 0.3 is 5.97 Å². The van der Waals surface area contributed by atoms with Crippen LogP contribution in [0.2, 0.25) is 0 Å². The highest BCUT2D eigenvalue weighted by molar-refractivity contribution is 5.76. The Kier molecular flexibility index (Phi) is 49.1. The van der Waals surface area contributed by atoms with Crippen LogP contribution in [0.5, 0.6) is 0 Å². The van der Waals surface area contributed by atoms with Gasteiger partial charge in [0.1, 0.15) is 0 Å². The molecule has 61 heavy (non-hydrogen) atoms. The molecular weight excluding hydrogens is 755 g/mol. The van der Waals surface area contributed by atoms with E-state index in [0.717, 1.165) is 83.5 Å². The number of esters is 1. The Bertz CT molecular complexity index is 993. The topological polar surface area (TPSA) is 95.9 Å². The van der Waals surface area contributed by atoms with Gasteiger partial charge in [0.25, 0.3) is 0 Å². The maximum Gasteiger partial charge on any atom is 0.305 e. The van der Waals surface area contributed by atoms with Crippen molar-refractivity contribution in [2.45, 2.75) is 289 Å². The Labute approximate surface area is 379 Å². The monoisotopic (exact) mass is 858 g/mol. The summed E-state index contributed by atoms with van der Waals surface area (Å²) in [6.45, 7) is 4.82. The Hall–Kier alpha value is -1.92. The minimum absolute atomic E-state index is 0.0501. The van der Waals surface area contributed by atoms with Crippen LogP contribution in [0.25, 0.3) is 0 Å². The van der Waals surface area contributed by atoms with Crippen molar-refractivity contribution in [3.8, 4) is 0 Å². The van der Waals surface area contributed by atoms with Gasteiger partial charge in [-0.3, -0.25) is 9.59 Å². The third-order valence-corrected chi connectivity index (χ3v) is 12.2. The van der Waals surface area contributed by atoms with Crippen molar-refractivity contribution in [2.75, 3.05) is 13.2 Å². The molecule has 2 atom stereocenters. The van der Waals surface area contributed by atoms with Crippen LogP contribution >= 0.6 is 0 Å². The fourth-order valence-corrected chi connectivity index (χ4v) is 8.01. The van der Waals surface area contributed by atoms with Crippen LogP contribution in [0.3, 0.4) is 0 Å². The van der Waals surface area contributed by atoms with Crippen molar-refractivity contribution in [1.29, 1.82) is 0 Å². The Morgan fingerprint density at radius 2 is 0.852 bits per heavy atom. The van der Waals surface area contributed by atoms with Gasteiger partial charge in [0.2, 0.25) is 5.91 Å². The highest BCUT2D eigenvalue weighted by Crippen LogP contribution is 2.16. The van der Waals surface area contributed by atoms with Crippen LogP contribution in [0.15, 0.2) is 36.5 Å². The van der Waals surface area contributed by atoms with E-state index in [2.05, 4.69) is 55.6 Å². The van der Waals surface area contributed by atoms with E-state index in [1.54, 1.807) is 0 Å². The molecule has 1 amide bonds. The number of allylic oxidation sites excluding steroid dienone is 6. The molecule has 0 fully saturated rings. The second-order valence-corrected chi connectivity index (χ2v) is 18.2. The zero-order valence-corrected chi connectivity index (χ0v) is 40.6. The summed E-state index contributed by atoms with van der Waals surface area (Å²) < 4.78 is 5.43. The molecule has 2 unspecified atom stereocenters. The first-order valence-electron chi connectivity index (χ1n) is 26.7. The fraction of sp³-hybridized carbons (Fsp3) is 0.855. The number of hydrogen-bond donors (Lipinski definition) is 3. The molecule has 0 aliphatic heterocycles. The Balaban J connectivity index is 3.54. The average Bonchev–Trinajstić information content (AvgIpc) is 3.26. The molecule has 0 aliphatic rings. The lowest BCUT2D eigenvalue weighted by atomic mass is 10.0. The van der Waals surface area contributed by atoms with Gasteiger partial charge in [-0.05, 0) is 70.6 Å². The lowest BCUT2D eigenvalue weighted by Gasteiger charge is -2.22. The first-order chi connectivity index (χ1) is 30.0. The van der Waals surface area contributed by atoms with Crippen molar-refractivity contribution in [1.82, 2.24) is 5.32 Å². The number of carbonyl (C=O) groups excluding carboxylic acids is 2. The van der Waals surface area contributed by atoms with Crippen molar-refractivity contribution >= 4 is 11.9 Å². The first-order valence-corrected chi connectivity index (χ1v) is 26.7. The Morgan fingerprint density at radius 3 is 1.34 bits per heavy atom. The molecule has 0 rings (SSSR count). The van der Waals surface area contributed by atoms with E-state index >= 15 is 0 Å². The summed E-state index contributed by atoms with van der Waals surface area (Å²) in [6.07, 6.45) is 61.3. The predicted octanol–water partition coefficient (Wildman–Crippen LogP) is 16.1. The molecule has 6 heteroatoms. The average molecular weight is 858 g/mol. The van der Waals surface area contributed by atoms with E-state index < -0.39 is 12.1 Å². The van der Waals surface area contributed by atoms with Gasteiger partial charge in [0.15, 0.2) is 0 Å². The van der Waals surface area contributed by atoms with Crippen LogP contribution < -0.4 is 5.32 Å². The third-order valence-electron chi connectivity index (χ3n) is 12.2. The van der Waals surface area contributed by atoms with Gasteiger partial charge in [-0.15, -0.1) is 0 Å². The van der Waals surface area contributed by atoms with Crippen LogP contribution in [0.1, 0.15) is 277 Å². The number of nitrogens with one attached hydrogen (secondary N) is 1. The second-order valence-electron chi connectivity index (χ2n) is 18.2. The third kappa shape index (κ3) is 47.4. The molecule has 3 N–H and O–H groups in total. The maximum atomic E-state index is 12.5. The fourth-order valence-electron chi connectivity index (χ4n) is 8.01. The molecule has 6 nitrogen and oxygen atoms in total. The quantitative estimate of drug-likeness (QED) is 0.0322. The lowest BCUT2D eigenvalue weighted by molar-refractivity contribution is -0.143. The number of aliphatic hydroxyl groups is 2. The summed E-state index contributed by atoms with van der Waals surface area (Å²) in [7, 11) is 0. The molecule has 0 radical (unpaired) electrons. The zero-order valence-electron chi connectivity index (χ0n) is 40.6. The summed E-state index contributed by atoms with van der Waals surface area (Å²) in [5, 5.41) is 23.2. The van der Waals surface area contributed by atoms with Crippen molar-refractivity contribution < 1.29 is 24.5 Å². The van der Waals surface area contributed by atoms with Crippen molar-refractivity contribution in [3.63, 3.8) is 0 Å². The SMILES string of the molecule is CCCC/C=C\C/C=C\CCCCCCCC(=O)OCCCCCC/C=C\CCCC(=O)NC(CO)C(O)CCCCCCCCCCCCCCCCCCCCCCC. The number of amides is 1. The van der Waals surface area contributed by atoms with Gasteiger partial charge in [0, 0.05) is 12.8 Å². The highest BCUT2D eigenvalue weighted by Gasteiger charge is 2.20. The standard InChI is InChI=1S/C55H103NO5/c1-3-5-7-9-11-13-15-17-19-20-21-22-23-24-25-26-28-31-35-39-43-47-53(58)52(51-57)56-54(59)48-44-40-36-32-30-34-38-42-46-50-61-55(60)49-45-41-37-33-29-27-18-16-14-12-10-8-6-4-2/h10,12,16,18,32,36,52-53,57-58H,3-9,11,13-15,17,19-31,33-35,37-51H2,1-2H3,(H,56,59)/b12-10-,18-16-,36-32-. The summed E-state index contributed by atoms with van der Waals surface area (Å²) in [5.41, 5.74) is 0.